The van der Waals surface area contributed by atoms with E-state index in [2.05, 4.69) is 56.6 Å². The Morgan fingerprint density at radius 2 is 1.88 bits per heavy atom. The molecule has 0 spiro atoms. The summed E-state index contributed by atoms with van der Waals surface area (Å²) in [4.78, 5) is 0. The zero-order valence-corrected chi connectivity index (χ0v) is 12.2. The lowest BCUT2D eigenvalue weighted by Gasteiger charge is -2.18. The van der Waals surface area contributed by atoms with Crippen LogP contribution in [0.5, 0.6) is 0 Å². The van der Waals surface area contributed by atoms with Gasteiger partial charge in [0.05, 0.1) is 17.1 Å². The second kappa shape index (κ2) is 6.08. The fourth-order valence-corrected chi connectivity index (χ4v) is 2.31. The van der Waals surface area contributed by atoms with Crippen LogP contribution in [0.3, 0.4) is 0 Å². The Kier molecular flexibility index (Phi) is 5.03. The molecule has 0 aliphatic heterocycles. The predicted octanol–water partition coefficient (Wildman–Crippen LogP) is 4.07. The average Bonchev–Trinajstić information content (AvgIpc) is 2.56. The van der Waals surface area contributed by atoms with E-state index in [4.69, 9.17) is 0 Å². The Balaban J connectivity index is 2.90. The van der Waals surface area contributed by atoms with Crippen molar-refractivity contribution < 1.29 is 0 Å². The Morgan fingerprint density at radius 1 is 1.24 bits per heavy atom. The van der Waals surface area contributed by atoms with Crippen LogP contribution in [0, 0.1) is 13.8 Å². The van der Waals surface area contributed by atoms with Crippen molar-refractivity contribution in [3.63, 3.8) is 0 Å². The van der Waals surface area contributed by atoms with Gasteiger partial charge in [-0.25, -0.2) is 0 Å². The van der Waals surface area contributed by atoms with Gasteiger partial charge in [-0.2, -0.15) is 5.10 Å². The SMILES string of the molecule is CCCC(CC)Nc1c(C)nn(C(C)C)c1C. The highest BCUT2D eigenvalue weighted by Crippen LogP contribution is 2.24. The van der Waals surface area contributed by atoms with Gasteiger partial charge < -0.3 is 5.32 Å². The monoisotopic (exact) mass is 237 g/mol. The summed E-state index contributed by atoms with van der Waals surface area (Å²) in [6, 6.07) is 0.998. The van der Waals surface area contributed by atoms with Gasteiger partial charge in [-0.1, -0.05) is 20.3 Å². The average molecular weight is 237 g/mol. The molecule has 0 radical (unpaired) electrons. The number of hydrogen-bond donors (Lipinski definition) is 1. The number of rotatable bonds is 6. The number of nitrogens with zero attached hydrogens (tertiary/aromatic N) is 2. The fraction of sp³-hybridized carbons (Fsp3) is 0.786. The summed E-state index contributed by atoms with van der Waals surface area (Å²) in [7, 11) is 0. The highest BCUT2D eigenvalue weighted by molar-refractivity contribution is 5.52. The molecule has 0 aliphatic carbocycles. The molecular formula is C14H27N3. The van der Waals surface area contributed by atoms with E-state index >= 15 is 0 Å². The zero-order chi connectivity index (χ0) is 13.0. The maximum atomic E-state index is 4.61. The van der Waals surface area contributed by atoms with E-state index in [-0.39, 0.29) is 0 Å². The molecule has 0 aromatic carbocycles. The van der Waals surface area contributed by atoms with Crippen molar-refractivity contribution >= 4 is 5.69 Å². The Bertz CT molecular complexity index is 353. The molecule has 0 saturated carbocycles. The minimum absolute atomic E-state index is 0.426. The molecule has 1 aromatic rings. The van der Waals surface area contributed by atoms with Crippen molar-refractivity contribution in [2.45, 2.75) is 72.9 Å². The summed E-state index contributed by atoms with van der Waals surface area (Å²) in [5, 5.41) is 8.27. The number of hydrogen-bond acceptors (Lipinski definition) is 2. The van der Waals surface area contributed by atoms with Crippen molar-refractivity contribution in [3.8, 4) is 0 Å². The molecule has 1 heterocycles. The molecule has 1 N–H and O–H groups in total. The standard InChI is InChI=1S/C14H27N3/c1-7-9-13(8-2)15-14-11(5)16-17(10(3)4)12(14)6/h10,13,15H,7-9H2,1-6H3. The topological polar surface area (TPSA) is 29.9 Å². The first-order valence-electron chi connectivity index (χ1n) is 6.83. The van der Waals surface area contributed by atoms with Crippen molar-refractivity contribution in [1.29, 1.82) is 0 Å². The van der Waals surface area contributed by atoms with E-state index in [1.807, 2.05) is 0 Å². The quantitative estimate of drug-likeness (QED) is 0.808. The molecule has 0 saturated heterocycles. The molecule has 3 heteroatoms. The molecule has 98 valence electrons. The molecule has 0 aliphatic rings. The highest BCUT2D eigenvalue weighted by atomic mass is 15.3. The fourth-order valence-electron chi connectivity index (χ4n) is 2.31. The van der Waals surface area contributed by atoms with Crippen LogP contribution in [0.15, 0.2) is 0 Å². The van der Waals surface area contributed by atoms with Gasteiger partial charge in [0.25, 0.3) is 0 Å². The van der Waals surface area contributed by atoms with Gasteiger partial charge >= 0.3 is 0 Å². The van der Waals surface area contributed by atoms with Crippen LogP contribution in [0.1, 0.15) is 64.4 Å². The molecule has 0 bridgehead atoms. The number of anilines is 1. The molecule has 1 atom stereocenters. The largest absolute Gasteiger partial charge is 0.379 e. The maximum absolute atomic E-state index is 4.61. The summed E-state index contributed by atoms with van der Waals surface area (Å²) in [6.07, 6.45) is 3.61. The molecule has 1 unspecified atom stereocenters. The van der Waals surface area contributed by atoms with E-state index in [1.165, 1.54) is 30.6 Å². The molecular weight excluding hydrogens is 210 g/mol. The van der Waals surface area contributed by atoms with Gasteiger partial charge in [-0.3, -0.25) is 4.68 Å². The molecule has 1 aromatic heterocycles. The number of aryl methyl sites for hydroxylation is 1. The summed E-state index contributed by atoms with van der Waals surface area (Å²) >= 11 is 0. The zero-order valence-electron chi connectivity index (χ0n) is 12.2. The smallest absolute Gasteiger partial charge is 0.0828 e. The second-order valence-corrected chi connectivity index (χ2v) is 5.12. The first-order valence-corrected chi connectivity index (χ1v) is 6.83. The normalized spacial score (nSPS) is 13.1. The van der Waals surface area contributed by atoms with E-state index < -0.39 is 0 Å². The third-order valence-electron chi connectivity index (χ3n) is 3.29. The first-order chi connectivity index (χ1) is 8.01. The third-order valence-corrected chi connectivity index (χ3v) is 3.29. The maximum Gasteiger partial charge on any atom is 0.0828 e. The van der Waals surface area contributed by atoms with Crippen LogP contribution in [0.2, 0.25) is 0 Å². The van der Waals surface area contributed by atoms with Crippen LogP contribution in [0.25, 0.3) is 0 Å². The number of nitrogens with one attached hydrogen (secondary N) is 1. The van der Waals surface area contributed by atoms with Crippen molar-refractivity contribution in [2.75, 3.05) is 5.32 Å². The van der Waals surface area contributed by atoms with Gasteiger partial charge in [0.1, 0.15) is 0 Å². The van der Waals surface area contributed by atoms with Crippen LogP contribution >= 0.6 is 0 Å². The molecule has 0 fully saturated rings. The van der Waals surface area contributed by atoms with Crippen LogP contribution in [0.4, 0.5) is 5.69 Å². The van der Waals surface area contributed by atoms with E-state index in [1.54, 1.807) is 0 Å². The van der Waals surface area contributed by atoms with Gasteiger partial charge in [0.15, 0.2) is 0 Å². The Hall–Kier alpha value is -0.990. The summed E-state index contributed by atoms with van der Waals surface area (Å²) in [6.45, 7) is 13.1. The second-order valence-electron chi connectivity index (χ2n) is 5.12. The van der Waals surface area contributed by atoms with Gasteiger partial charge in [0.2, 0.25) is 0 Å². The first kappa shape index (κ1) is 14.1. The lowest BCUT2D eigenvalue weighted by molar-refractivity contribution is 0.516. The van der Waals surface area contributed by atoms with Gasteiger partial charge in [-0.15, -0.1) is 0 Å². The summed E-state index contributed by atoms with van der Waals surface area (Å²) in [5.41, 5.74) is 3.61. The highest BCUT2D eigenvalue weighted by Gasteiger charge is 2.15. The van der Waals surface area contributed by atoms with Crippen molar-refractivity contribution in [1.82, 2.24) is 9.78 Å². The van der Waals surface area contributed by atoms with E-state index in [0.717, 1.165) is 5.69 Å². The van der Waals surface area contributed by atoms with Crippen LogP contribution < -0.4 is 5.32 Å². The molecule has 1 rings (SSSR count). The summed E-state index contributed by atoms with van der Waals surface area (Å²) in [5.74, 6) is 0. The van der Waals surface area contributed by atoms with Gasteiger partial charge in [0, 0.05) is 12.1 Å². The van der Waals surface area contributed by atoms with Crippen molar-refractivity contribution in [3.05, 3.63) is 11.4 Å². The van der Waals surface area contributed by atoms with E-state index in [9.17, 15) is 0 Å². The van der Waals surface area contributed by atoms with Gasteiger partial charge in [-0.05, 0) is 40.5 Å². The van der Waals surface area contributed by atoms with Crippen LogP contribution in [-0.4, -0.2) is 15.8 Å². The Labute approximate surface area is 106 Å². The predicted molar refractivity (Wildman–Crippen MR) is 74.7 cm³/mol. The lowest BCUT2D eigenvalue weighted by Crippen LogP contribution is -2.19. The third kappa shape index (κ3) is 3.24. The minimum atomic E-state index is 0.426. The minimum Gasteiger partial charge on any atom is -0.379 e. The molecule has 3 nitrogen and oxygen atoms in total. The Morgan fingerprint density at radius 3 is 2.29 bits per heavy atom. The van der Waals surface area contributed by atoms with Crippen molar-refractivity contribution in [2.24, 2.45) is 0 Å². The number of aromatic nitrogens is 2. The molecule has 17 heavy (non-hydrogen) atoms. The van der Waals surface area contributed by atoms with E-state index in [0.29, 0.717) is 12.1 Å². The van der Waals surface area contributed by atoms with Crippen LogP contribution in [-0.2, 0) is 0 Å². The lowest BCUT2D eigenvalue weighted by atomic mass is 10.1. The molecule has 0 amide bonds. The summed E-state index contributed by atoms with van der Waals surface area (Å²) < 4.78 is 2.11.